The van der Waals surface area contributed by atoms with Crippen LogP contribution in [0.15, 0.2) is 6.20 Å². The largest absolute Gasteiger partial charge is 0.472 e. The number of aromatic nitrogens is 2. The van der Waals surface area contributed by atoms with Gasteiger partial charge >= 0.3 is 0 Å². The monoisotopic (exact) mass is 239 g/mol. The molecule has 2 rings (SSSR count). The van der Waals surface area contributed by atoms with Crippen molar-refractivity contribution in [3.8, 4) is 5.88 Å². The zero-order chi connectivity index (χ0) is 12.1. The van der Waals surface area contributed by atoms with Crippen molar-refractivity contribution >= 4 is 5.95 Å². The molecule has 0 aromatic carbocycles. The van der Waals surface area contributed by atoms with Crippen molar-refractivity contribution in [2.24, 2.45) is 0 Å². The highest BCUT2D eigenvalue weighted by molar-refractivity contribution is 5.27. The number of rotatable bonds is 3. The summed E-state index contributed by atoms with van der Waals surface area (Å²) in [5.74, 6) is -0.0421. The molecule has 0 aliphatic heterocycles. The minimum absolute atomic E-state index is 0.0660. The van der Waals surface area contributed by atoms with E-state index in [4.69, 9.17) is 4.74 Å². The maximum atomic E-state index is 13.5. The third kappa shape index (κ3) is 3.28. The third-order valence-corrected chi connectivity index (χ3v) is 3.02. The Morgan fingerprint density at radius 1 is 1.29 bits per heavy atom. The van der Waals surface area contributed by atoms with Crippen LogP contribution >= 0.6 is 0 Å². The number of hydrogen-bond donors (Lipinski definition) is 1. The first kappa shape index (κ1) is 12.1. The van der Waals surface area contributed by atoms with Crippen molar-refractivity contribution in [3.63, 3.8) is 0 Å². The SMILES string of the molecule is CNc1ncc(F)c(OC2CCCCCC2)n1. The third-order valence-electron chi connectivity index (χ3n) is 3.02. The fourth-order valence-corrected chi connectivity index (χ4v) is 2.07. The average molecular weight is 239 g/mol. The van der Waals surface area contributed by atoms with Crippen LogP contribution in [-0.2, 0) is 0 Å². The average Bonchev–Trinajstić information content (AvgIpc) is 2.60. The zero-order valence-corrected chi connectivity index (χ0v) is 10.1. The summed E-state index contributed by atoms with van der Waals surface area (Å²) in [6, 6.07) is 0. The molecule has 0 amide bonds. The number of ether oxygens (including phenoxy) is 1. The molecule has 1 N–H and O–H groups in total. The predicted octanol–water partition coefficient (Wildman–Crippen LogP) is 2.76. The van der Waals surface area contributed by atoms with E-state index in [1.54, 1.807) is 7.05 Å². The lowest BCUT2D eigenvalue weighted by Crippen LogP contribution is -2.17. The molecule has 4 nitrogen and oxygen atoms in total. The Labute approximate surface area is 101 Å². The molecule has 17 heavy (non-hydrogen) atoms. The van der Waals surface area contributed by atoms with Crippen LogP contribution in [0.1, 0.15) is 38.5 Å². The van der Waals surface area contributed by atoms with E-state index in [9.17, 15) is 4.39 Å². The Morgan fingerprint density at radius 2 is 2.00 bits per heavy atom. The quantitative estimate of drug-likeness (QED) is 0.824. The summed E-state index contributed by atoms with van der Waals surface area (Å²) in [7, 11) is 1.70. The van der Waals surface area contributed by atoms with Gasteiger partial charge in [0.1, 0.15) is 6.10 Å². The second kappa shape index (κ2) is 5.80. The first-order valence-electron chi connectivity index (χ1n) is 6.16. The number of hydrogen-bond acceptors (Lipinski definition) is 4. The van der Waals surface area contributed by atoms with Crippen molar-refractivity contribution in [2.45, 2.75) is 44.6 Å². The zero-order valence-electron chi connectivity index (χ0n) is 10.1. The predicted molar refractivity (Wildman–Crippen MR) is 63.7 cm³/mol. The molecule has 0 radical (unpaired) electrons. The van der Waals surface area contributed by atoms with Gasteiger partial charge in [-0.1, -0.05) is 12.8 Å². The second-order valence-electron chi connectivity index (χ2n) is 4.33. The lowest BCUT2D eigenvalue weighted by molar-refractivity contribution is 0.167. The van der Waals surface area contributed by atoms with Crippen LogP contribution in [0.2, 0.25) is 0 Å². The van der Waals surface area contributed by atoms with Crippen LogP contribution in [0, 0.1) is 5.82 Å². The highest BCUT2D eigenvalue weighted by Gasteiger charge is 2.17. The second-order valence-corrected chi connectivity index (χ2v) is 4.33. The fourth-order valence-electron chi connectivity index (χ4n) is 2.07. The summed E-state index contributed by atoms with van der Waals surface area (Å²) in [6.45, 7) is 0. The Hall–Kier alpha value is -1.39. The van der Waals surface area contributed by atoms with Gasteiger partial charge in [0.05, 0.1) is 6.20 Å². The van der Waals surface area contributed by atoms with Gasteiger partial charge in [-0.15, -0.1) is 0 Å². The number of halogens is 1. The molecule has 0 atom stereocenters. The smallest absolute Gasteiger partial charge is 0.255 e. The summed E-state index contributed by atoms with van der Waals surface area (Å²) in [4.78, 5) is 7.79. The molecule has 5 heteroatoms. The molecule has 1 aliphatic carbocycles. The Kier molecular flexibility index (Phi) is 4.12. The van der Waals surface area contributed by atoms with Crippen LogP contribution in [0.3, 0.4) is 0 Å². The van der Waals surface area contributed by atoms with Crippen molar-refractivity contribution in [1.29, 1.82) is 0 Å². The lowest BCUT2D eigenvalue weighted by Gasteiger charge is -2.16. The van der Waals surface area contributed by atoms with E-state index in [0.29, 0.717) is 5.95 Å². The topological polar surface area (TPSA) is 47.0 Å². The standard InChI is InChI=1S/C12H18FN3O/c1-14-12-15-8-10(13)11(16-12)17-9-6-4-2-3-5-7-9/h8-9H,2-7H2,1H3,(H,14,15,16). The fraction of sp³-hybridized carbons (Fsp3) is 0.667. The summed E-state index contributed by atoms with van der Waals surface area (Å²) in [5, 5.41) is 2.78. The van der Waals surface area contributed by atoms with Crippen molar-refractivity contribution in [1.82, 2.24) is 9.97 Å². The van der Waals surface area contributed by atoms with E-state index >= 15 is 0 Å². The summed E-state index contributed by atoms with van der Waals surface area (Å²) >= 11 is 0. The number of anilines is 1. The minimum atomic E-state index is -0.492. The van der Waals surface area contributed by atoms with Gasteiger partial charge in [0.25, 0.3) is 5.88 Å². The summed E-state index contributed by atoms with van der Waals surface area (Å²) in [6.07, 6.45) is 7.99. The van der Waals surface area contributed by atoms with Crippen LogP contribution in [0.5, 0.6) is 5.88 Å². The van der Waals surface area contributed by atoms with Gasteiger partial charge in [-0.05, 0) is 25.7 Å². The van der Waals surface area contributed by atoms with Gasteiger partial charge in [0.15, 0.2) is 0 Å². The molecule has 1 aromatic heterocycles. The van der Waals surface area contributed by atoms with E-state index in [0.717, 1.165) is 31.9 Å². The van der Waals surface area contributed by atoms with E-state index in [2.05, 4.69) is 15.3 Å². The number of nitrogens with one attached hydrogen (secondary N) is 1. The van der Waals surface area contributed by atoms with Gasteiger partial charge in [-0.25, -0.2) is 4.98 Å². The Balaban J connectivity index is 2.05. The van der Waals surface area contributed by atoms with Gasteiger partial charge in [0.2, 0.25) is 11.8 Å². The van der Waals surface area contributed by atoms with Gasteiger partial charge in [-0.3, -0.25) is 0 Å². The molecular formula is C12H18FN3O. The molecule has 94 valence electrons. The molecule has 1 aromatic rings. The molecular weight excluding hydrogens is 221 g/mol. The molecule has 0 saturated heterocycles. The summed E-state index contributed by atoms with van der Waals surface area (Å²) in [5.41, 5.74) is 0. The Morgan fingerprint density at radius 3 is 2.65 bits per heavy atom. The molecule has 1 heterocycles. The van der Waals surface area contributed by atoms with Crippen molar-refractivity contribution in [3.05, 3.63) is 12.0 Å². The summed E-state index contributed by atoms with van der Waals surface area (Å²) < 4.78 is 19.1. The van der Waals surface area contributed by atoms with Crippen LogP contribution < -0.4 is 10.1 Å². The number of nitrogens with zero attached hydrogens (tertiary/aromatic N) is 2. The van der Waals surface area contributed by atoms with Gasteiger partial charge in [-0.2, -0.15) is 9.37 Å². The van der Waals surface area contributed by atoms with Gasteiger partial charge in [0, 0.05) is 7.05 Å². The molecule has 1 aliphatic rings. The first-order valence-corrected chi connectivity index (χ1v) is 6.16. The van der Waals surface area contributed by atoms with E-state index in [-0.39, 0.29) is 12.0 Å². The molecule has 1 saturated carbocycles. The van der Waals surface area contributed by atoms with E-state index < -0.39 is 5.82 Å². The minimum Gasteiger partial charge on any atom is -0.472 e. The normalized spacial score (nSPS) is 17.5. The maximum absolute atomic E-state index is 13.5. The first-order chi connectivity index (χ1) is 8.29. The maximum Gasteiger partial charge on any atom is 0.255 e. The molecule has 0 unspecified atom stereocenters. The van der Waals surface area contributed by atoms with Crippen LogP contribution in [0.4, 0.5) is 10.3 Å². The Bertz CT molecular complexity index is 365. The molecule has 0 bridgehead atoms. The van der Waals surface area contributed by atoms with E-state index in [1.165, 1.54) is 12.8 Å². The van der Waals surface area contributed by atoms with Crippen molar-refractivity contribution in [2.75, 3.05) is 12.4 Å². The highest BCUT2D eigenvalue weighted by atomic mass is 19.1. The van der Waals surface area contributed by atoms with Crippen molar-refractivity contribution < 1.29 is 9.13 Å². The molecule has 1 fully saturated rings. The van der Waals surface area contributed by atoms with E-state index in [1.807, 2.05) is 0 Å². The highest BCUT2D eigenvalue weighted by Crippen LogP contribution is 2.23. The van der Waals surface area contributed by atoms with Crippen LogP contribution in [-0.4, -0.2) is 23.1 Å². The van der Waals surface area contributed by atoms with Crippen LogP contribution in [0.25, 0.3) is 0 Å². The van der Waals surface area contributed by atoms with Gasteiger partial charge < -0.3 is 10.1 Å². The lowest BCUT2D eigenvalue weighted by atomic mass is 10.1. The molecule has 0 spiro atoms.